The van der Waals surface area contributed by atoms with Gasteiger partial charge in [-0.2, -0.15) is 0 Å². The van der Waals surface area contributed by atoms with E-state index in [0.717, 1.165) is 12.1 Å². The Morgan fingerprint density at radius 3 is 2.57 bits per heavy atom. The van der Waals surface area contributed by atoms with Gasteiger partial charge in [0, 0.05) is 11.1 Å². The fourth-order valence-electron chi connectivity index (χ4n) is 1.82. The van der Waals surface area contributed by atoms with Crippen LogP contribution in [0, 0.1) is 11.6 Å². The number of hydrogen-bond acceptors (Lipinski definition) is 3. The molecular weight excluding hydrogens is 328 g/mol. The molecule has 0 bridgehead atoms. The Morgan fingerprint density at radius 1 is 1.17 bits per heavy atom. The minimum atomic E-state index is -1.05. The van der Waals surface area contributed by atoms with Crippen LogP contribution in [0.15, 0.2) is 36.4 Å². The summed E-state index contributed by atoms with van der Waals surface area (Å²) in [5.74, 6) is -2.05. The van der Waals surface area contributed by atoms with E-state index < -0.39 is 23.6 Å². The molecule has 2 aromatic carbocycles. The van der Waals surface area contributed by atoms with Crippen molar-refractivity contribution in [2.75, 3.05) is 12.4 Å². The van der Waals surface area contributed by atoms with Crippen molar-refractivity contribution in [3.05, 3.63) is 53.1 Å². The predicted molar refractivity (Wildman–Crippen MR) is 83.1 cm³/mol. The average Bonchev–Trinajstić information content (AvgIpc) is 2.51. The van der Waals surface area contributed by atoms with Gasteiger partial charge in [0.15, 0.2) is 17.7 Å². The number of nitrogens with one attached hydrogen (secondary N) is 1. The molecule has 0 aliphatic rings. The van der Waals surface area contributed by atoms with Crippen molar-refractivity contribution >= 4 is 23.2 Å². The molecule has 1 N–H and O–H groups in total. The van der Waals surface area contributed by atoms with E-state index >= 15 is 0 Å². The summed E-state index contributed by atoms with van der Waals surface area (Å²) < 4.78 is 36.4. The van der Waals surface area contributed by atoms with Gasteiger partial charge in [-0.15, -0.1) is 0 Å². The van der Waals surface area contributed by atoms with Gasteiger partial charge in [-0.3, -0.25) is 4.79 Å². The number of carbonyl (C=O) groups excluding carboxylic acids is 1. The molecule has 0 aliphatic carbocycles. The maximum Gasteiger partial charge on any atom is 0.265 e. The molecule has 0 saturated heterocycles. The van der Waals surface area contributed by atoms with Gasteiger partial charge in [-0.05, 0) is 37.3 Å². The maximum absolute atomic E-state index is 13.1. The van der Waals surface area contributed by atoms with E-state index in [0.29, 0.717) is 16.5 Å². The predicted octanol–water partition coefficient (Wildman–Crippen LogP) is 4.03. The number of benzene rings is 2. The van der Waals surface area contributed by atoms with E-state index in [9.17, 15) is 13.6 Å². The van der Waals surface area contributed by atoms with Crippen LogP contribution in [0.2, 0.25) is 5.02 Å². The quantitative estimate of drug-likeness (QED) is 0.893. The Kier molecular flexibility index (Phi) is 5.39. The first-order valence-corrected chi connectivity index (χ1v) is 7.04. The molecule has 0 aromatic heterocycles. The molecule has 0 fully saturated rings. The lowest BCUT2D eigenvalue weighted by atomic mass is 10.2. The van der Waals surface area contributed by atoms with Gasteiger partial charge in [-0.1, -0.05) is 11.6 Å². The van der Waals surface area contributed by atoms with Crippen LogP contribution >= 0.6 is 11.6 Å². The minimum Gasteiger partial charge on any atom is -0.495 e. The third-order valence-electron chi connectivity index (χ3n) is 2.99. The second-order valence-corrected chi connectivity index (χ2v) is 5.11. The van der Waals surface area contributed by atoms with Crippen LogP contribution < -0.4 is 14.8 Å². The van der Waals surface area contributed by atoms with Crippen molar-refractivity contribution in [1.29, 1.82) is 0 Å². The number of halogens is 3. The summed E-state index contributed by atoms with van der Waals surface area (Å²) in [7, 11) is 1.46. The number of hydrogen-bond donors (Lipinski definition) is 1. The second-order valence-electron chi connectivity index (χ2n) is 4.67. The minimum absolute atomic E-state index is 0.0459. The zero-order valence-electron chi connectivity index (χ0n) is 12.4. The van der Waals surface area contributed by atoms with Crippen molar-refractivity contribution in [1.82, 2.24) is 0 Å². The smallest absolute Gasteiger partial charge is 0.265 e. The number of amides is 1. The Balaban J connectivity index is 2.08. The lowest BCUT2D eigenvalue weighted by molar-refractivity contribution is -0.122. The number of anilines is 1. The van der Waals surface area contributed by atoms with Crippen molar-refractivity contribution in [3.63, 3.8) is 0 Å². The summed E-state index contributed by atoms with van der Waals surface area (Å²) in [4.78, 5) is 12.1. The second kappa shape index (κ2) is 7.28. The normalized spacial score (nSPS) is 11.7. The molecule has 2 rings (SSSR count). The van der Waals surface area contributed by atoms with Crippen LogP contribution in [0.5, 0.6) is 11.5 Å². The molecule has 0 heterocycles. The van der Waals surface area contributed by atoms with Crippen LogP contribution in [0.3, 0.4) is 0 Å². The van der Waals surface area contributed by atoms with Crippen LogP contribution in [0.4, 0.5) is 14.5 Å². The van der Waals surface area contributed by atoms with E-state index in [2.05, 4.69) is 5.32 Å². The fraction of sp³-hybridized carbons (Fsp3) is 0.188. The third kappa shape index (κ3) is 4.32. The summed E-state index contributed by atoms with van der Waals surface area (Å²) in [6, 6.07) is 7.80. The number of rotatable bonds is 5. The fourth-order valence-corrected chi connectivity index (χ4v) is 1.99. The Hall–Kier alpha value is -2.34. The SMILES string of the molecule is COc1ccc(Cl)cc1NC(=O)[C@H](C)Oc1ccc(F)c(F)c1. The van der Waals surface area contributed by atoms with E-state index in [1.807, 2.05) is 0 Å². The molecule has 1 atom stereocenters. The molecule has 0 aliphatic heterocycles. The number of ether oxygens (including phenoxy) is 2. The maximum atomic E-state index is 13.1. The van der Waals surface area contributed by atoms with E-state index in [4.69, 9.17) is 21.1 Å². The van der Waals surface area contributed by atoms with Crippen LogP contribution in [0.25, 0.3) is 0 Å². The van der Waals surface area contributed by atoms with E-state index in [1.54, 1.807) is 12.1 Å². The van der Waals surface area contributed by atoms with E-state index in [1.165, 1.54) is 26.2 Å². The number of methoxy groups -OCH3 is 1. The zero-order chi connectivity index (χ0) is 17.0. The van der Waals surface area contributed by atoms with E-state index in [-0.39, 0.29) is 5.75 Å². The molecule has 0 radical (unpaired) electrons. The highest BCUT2D eigenvalue weighted by molar-refractivity contribution is 6.31. The molecule has 1 amide bonds. The number of carbonyl (C=O) groups is 1. The van der Waals surface area contributed by atoms with Crippen LogP contribution in [-0.2, 0) is 4.79 Å². The highest BCUT2D eigenvalue weighted by atomic mass is 35.5. The molecule has 7 heteroatoms. The summed E-state index contributed by atoms with van der Waals surface area (Å²) in [6.45, 7) is 1.48. The van der Waals surface area contributed by atoms with Gasteiger partial charge in [0.1, 0.15) is 11.5 Å². The van der Waals surface area contributed by atoms with Gasteiger partial charge in [0.05, 0.1) is 12.8 Å². The molecule has 0 saturated carbocycles. The summed E-state index contributed by atoms with van der Waals surface area (Å²) in [6.07, 6.45) is -0.941. The van der Waals surface area contributed by atoms with Crippen molar-refractivity contribution in [3.8, 4) is 11.5 Å². The first kappa shape index (κ1) is 17.0. The lowest BCUT2D eigenvalue weighted by Crippen LogP contribution is -2.30. The summed E-state index contributed by atoms with van der Waals surface area (Å²) in [5, 5.41) is 3.03. The van der Waals surface area contributed by atoms with Crippen molar-refractivity contribution in [2.24, 2.45) is 0 Å². The zero-order valence-corrected chi connectivity index (χ0v) is 13.2. The van der Waals surface area contributed by atoms with Crippen molar-refractivity contribution in [2.45, 2.75) is 13.0 Å². The molecule has 0 spiro atoms. The highest BCUT2D eigenvalue weighted by Crippen LogP contribution is 2.28. The highest BCUT2D eigenvalue weighted by Gasteiger charge is 2.17. The van der Waals surface area contributed by atoms with Crippen LogP contribution in [0.1, 0.15) is 6.92 Å². The standard InChI is InChI=1S/C16H14ClF2NO3/c1-9(23-11-4-5-12(18)13(19)8-11)16(21)20-14-7-10(17)3-6-15(14)22-2/h3-9H,1-2H3,(H,20,21)/t9-/m0/s1. The topological polar surface area (TPSA) is 47.6 Å². The molecular formula is C16H14ClF2NO3. The molecule has 122 valence electrons. The Morgan fingerprint density at radius 2 is 1.91 bits per heavy atom. The lowest BCUT2D eigenvalue weighted by Gasteiger charge is -2.16. The first-order chi connectivity index (χ1) is 10.9. The molecule has 23 heavy (non-hydrogen) atoms. The Labute approximate surface area is 137 Å². The van der Waals surface area contributed by atoms with Gasteiger partial charge < -0.3 is 14.8 Å². The summed E-state index contributed by atoms with van der Waals surface area (Å²) >= 11 is 5.88. The van der Waals surface area contributed by atoms with Crippen molar-refractivity contribution < 1.29 is 23.0 Å². The van der Waals surface area contributed by atoms with Gasteiger partial charge in [-0.25, -0.2) is 8.78 Å². The average molecular weight is 342 g/mol. The monoisotopic (exact) mass is 341 g/mol. The van der Waals surface area contributed by atoms with Gasteiger partial charge >= 0.3 is 0 Å². The van der Waals surface area contributed by atoms with Gasteiger partial charge in [0.2, 0.25) is 0 Å². The summed E-state index contributed by atoms with van der Waals surface area (Å²) in [5.41, 5.74) is 0.380. The largest absolute Gasteiger partial charge is 0.495 e. The molecule has 4 nitrogen and oxygen atoms in total. The molecule has 2 aromatic rings. The first-order valence-electron chi connectivity index (χ1n) is 6.67. The van der Waals surface area contributed by atoms with Crippen LogP contribution in [-0.4, -0.2) is 19.1 Å². The Bertz CT molecular complexity index is 724. The van der Waals surface area contributed by atoms with Gasteiger partial charge in [0.25, 0.3) is 5.91 Å². The third-order valence-corrected chi connectivity index (χ3v) is 3.23. The molecule has 0 unspecified atom stereocenters.